The maximum Gasteiger partial charge on any atom is 0.193 e. The minimum absolute atomic E-state index is 0. The number of nitrogens with zero attached hydrogens (tertiary/aromatic N) is 2. The molecule has 1 saturated heterocycles. The zero-order valence-corrected chi connectivity index (χ0v) is 16.2. The number of aliphatic imine (C=N–C) groups is 1. The fraction of sp³-hybridized carbons (Fsp3) is 0.611. The van der Waals surface area contributed by atoms with Gasteiger partial charge in [0.05, 0.1) is 0 Å². The Bertz CT molecular complexity index is 541. The summed E-state index contributed by atoms with van der Waals surface area (Å²) in [5.74, 6) is 0.838. The summed E-state index contributed by atoms with van der Waals surface area (Å²) in [4.78, 5) is 6.83. The first-order valence-electron chi connectivity index (χ1n) is 8.41. The number of hydrogen-bond donors (Lipinski definition) is 1. The topological polar surface area (TPSA) is 27.6 Å². The molecular weight excluding hydrogens is 404 g/mol. The summed E-state index contributed by atoms with van der Waals surface area (Å²) in [6.45, 7) is 3.05. The average Bonchev–Trinajstić information content (AvgIpc) is 3.14. The average molecular weight is 431 g/mol. The second kappa shape index (κ2) is 8.31. The van der Waals surface area contributed by atoms with Crippen LogP contribution in [0.1, 0.15) is 37.7 Å². The molecule has 3 rings (SSSR count). The van der Waals surface area contributed by atoms with Gasteiger partial charge in [-0.3, -0.25) is 4.99 Å². The molecule has 128 valence electrons. The van der Waals surface area contributed by atoms with E-state index >= 15 is 0 Å². The van der Waals surface area contributed by atoms with Crippen molar-refractivity contribution in [2.24, 2.45) is 10.4 Å². The van der Waals surface area contributed by atoms with Crippen molar-refractivity contribution < 1.29 is 4.39 Å². The van der Waals surface area contributed by atoms with E-state index in [1.54, 1.807) is 12.1 Å². The standard InChI is InChI=1S/C18H26FN3.HI/c1-20-17(21-11-7-15-5-4-6-16(19)13-15)22-12-10-18(14-22)8-2-3-9-18;/h4-6,13H,2-3,7-12,14H2,1H3,(H,20,21);1H. The lowest BCUT2D eigenvalue weighted by Crippen LogP contribution is -2.41. The van der Waals surface area contributed by atoms with Gasteiger partial charge in [-0.25, -0.2) is 4.39 Å². The Morgan fingerprint density at radius 3 is 2.78 bits per heavy atom. The molecule has 1 aliphatic carbocycles. The zero-order valence-electron chi connectivity index (χ0n) is 13.9. The number of halogens is 2. The quantitative estimate of drug-likeness (QED) is 0.448. The molecule has 23 heavy (non-hydrogen) atoms. The second-order valence-electron chi connectivity index (χ2n) is 6.73. The third kappa shape index (κ3) is 4.58. The highest BCUT2D eigenvalue weighted by molar-refractivity contribution is 14.0. The van der Waals surface area contributed by atoms with E-state index in [1.165, 1.54) is 38.2 Å². The van der Waals surface area contributed by atoms with Crippen LogP contribution in [0.15, 0.2) is 29.3 Å². The van der Waals surface area contributed by atoms with Gasteiger partial charge in [0.2, 0.25) is 0 Å². The van der Waals surface area contributed by atoms with E-state index in [2.05, 4.69) is 15.2 Å². The largest absolute Gasteiger partial charge is 0.356 e. The number of likely N-dealkylation sites (tertiary alicyclic amines) is 1. The highest BCUT2D eigenvalue weighted by Crippen LogP contribution is 2.45. The number of guanidine groups is 1. The van der Waals surface area contributed by atoms with Crippen LogP contribution in [-0.2, 0) is 6.42 Å². The lowest BCUT2D eigenvalue weighted by Gasteiger charge is -2.26. The van der Waals surface area contributed by atoms with E-state index in [9.17, 15) is 4.39 Å². The van der Waals surface area contributed by atoms with Crippen molar-refractivity contribution in [2.45, 2.75) is 38.5 Å². The van der Waals surface area contributed by atoms with Crippen molar-refractivity contribution in [1.82, 2.24) is 10.2 Å². The molecule has 3 nitrogen and oxygen atoms in total. The molecule has 2 aliphatic rings. The number of rotatable bonds is 3. The fourth-order valence-electron chi connectivity index (χ4n) is 3.99. The van der Waals surface area contributed by atoms with E-state index in [-0.39, 0.29) is 29.8 Å². The summed E-state index contributed by atoms with van der Waals surface area (Å²) in [5.41, 5.74) is 1.58. The molecule has 1 heterocycles. The van der Waals surface area contributed by atoms with Crippen LogP contribution in [-0.4, -0.2) is 37.5 Å². The van der Waals surface area contributed by atoms with Gasteiger partial charge in [-0.05, 0) is 48.8 Å². The van der Waals surface area contributed by atoms with Crippen LogP contribution in [0.5, 0.6) is 0 Å². The molecule has 0 aromatic heterocycles. The molecule has 0 radical (unpaired) electrons. The fourth-order valence-corrected chi connectivity index (χ4v) is 3.99. The highest BCUT2D eigenvalue weighted by Gasteiger charge is 2.40. The van der Waals surface area contributed by atoms with Gasteiger partial charge in [0.15, 0.2) is 5.96 Å². The lowest BCUT2D eigenvalue weighted by atomic mass is 9.86. The van der Waals surface area contributed by atoms with Crippen LogP contribution in [0, 0.1) is 11.2 Å². The van der Waals surface area contributed by atoms with E-state index in [0.717, 1.165) is 37.6 Å². The molecule has 0 amide bonds. The summed E-state index contributed by atoms with van der Waals surface area (Å²) in [7, 11) is 1.85. The molecule has 0 atom stereocenters. The summed E-state index contributed by atoms with van der Waals surface area (Å²) < 4.78 is 13.2. The first kappa shape index (κ1) is 18.5. The highest BCUT2D eigenvalue weighted by atomic mass is 127. The van der Waals surface area contributed by atoms with Gasteiger partial charge < -0.3 is 10.2 Å². The molecule has 1 aliphatic heterocycles. The minimum atomic E-state index is -0.162. The maximum absolute atomic E-state index is 13.2. The maximum atomic E-state index is 13.2. The van der Waals surface area contributed by atoms with Crippen LogP contribution in [0.2, 0.25) is 0 Å². The summed E-state index contributed by atoms with van der Waals surface area (Å²) >= 11 is 0. The van der Waals surface area contributed by atoms with Crippen LogP contribution >= 0.6 is 24.0 Å². The van der Waals surface area contributed by atoms with E-state index in [4.69, 9.17) is 0 Å². The first-order chi connectivity index (χ1) is 10.7. The Hall–Kier alpha value is -0.850. The van der Waals surface area contributed by atoms with Crippen LogP contribution < -0.4 is 5.32 Å². The molecule has 1 spiro atoms. The SMILES string of the molecule is CN=C(NCCc1cccc(F)c1)N1CCC2(CCCC2)C1.I. The number of hydrogen-bond acceptors (Lipinski definition) is 1. The van der Waals surface area contributed by atoms with Gasteiger partial charge in [-0.2, -0.15) is 0 Å². The summed E-state index contributed by atoms with van der Waals surface area (Å²) in [6, 6.07) is 6.83. The predicted molar refractivity (Wildman–Crippen MR) is 104 cm³/mol. The van der Waals surface area contributed by atoms with Gasteiger partial charge in [-0.15, -0.1) is 24.0 Å². The molecule has 1 saturated carbocycles. The Balaban J connectivity index is 0.00000192. The minimum Gasteiger partial charge on any atom is -0.356 e. The summed E-state index contributed by atoms with van der Waals surface area (Å²) in [6.07, 6.45) is 7.65. The van der Waals surface area contributed by atoms with Gasteiger partial charge >= 0.3 is 0 Å². The molecule has 1 aromatic rings. The number of benzene rings is 1. The third-order valence-corrected chi connectivity index (χ3v) is 5.20. The van der Waals surface area contributed by atoms with Crippen molar-refractivity contribution in [3.8, 4) is 0 Å². The molecule has 0 unspecified atom stereocenters. The van der Waals surface area contributed by atoms with E-state index in [1.807, 2.05) is 13.1 Å². The first-order valence-corrected chi connectivity index (χ1v) is 8.41. The molecule has 1 aromatic carbocycles. The molecule has 0 bridgehead atoms. The Morgan fingerprint density at radius 1 is 1.30 bits per heavy atom. The van der Waals surface area contributed by atoms with Crippen LogP contribution in [0.4, 0.5) is 4.39 Å². The third-order valence-electron chi connectivity index (χ3n) is 5.20. The van der Waals surface area contributed by atoms with Crippen molar-refractivity contribution in [3.05, 3.63) is 35.6 Å². The Kier molecular flexibility index (Phi) is 6.68. The molecule has 5 heteroatoms. The molecule has 1 N–H and O–H groups in total. The Morgan fingerprint density at radius 2 is 2.09 bits per heavy atom. The predicted octanol–water partition coefficient (Wildman–Crippen LogP) is 3.83. The van der Waals surface area contributed by atoms with Gasteiger partial charge in [0, 0.05) is 26.7 Å². The van der Waals surface area contributed by atoms with Gasteiger partial charge in [-0.1, -0.05) is 25.0 Å². The van der Waals surface area contributed by atoms with E-state index in [0.29, 0.717) is 5.41 Å². The molecule has 2 fully saturated rings. The van der Waals surface area contributed by atoms with Crippen molar-refractivity contribution in [1.29, 1.82) is 0 Å². The van der Waals surface area contributed by atoms with Gasteiger partial charge in [0.1, 0.15) is 5.82 Å². The number of nitrogens with one attached hydrogen (secondary N) is 1. The van der Waals surface area contributed by atoms with Crippen molar-refractivity contribution in [3.63, 3.8) is 0 Å². The normalized spacial score (nSPS) is 19.9. The van der Waals surface area contributed by atoms with Gasteiger partial charge in [0.25, 0.3) is 0 Å². The second-order valence-corrected chi connectivity index (χ2v) is 6.73. The smallest absolute Gasteiger partial charge is 0.193 e. The van der Waals surface area contributed by atoms with E-state index < -0.39 is 0 Å². The monoisotopic (exact) mass is 431 g/mol. The van der Waals surface area contributed by atoms with Crippen LogP contribution in [0.25, 0.3) is 0 Å². The van der Waals surface area contributed by atoms with Crippen molar-refractivity contribution >= 4 is 29.9 Å². The Labute approximate surface area is 155 Å². The van der Waals surface area contributed by atoms with Crippen LogP contribution in [0.3, 0.4) is 0 Å². The lowest BCUT2D eigenvalue weighted by molar-refractivity contribution is 0.309. The molecular formula is C18H27FIN3. The zero-order chi connectivity index (χ0) is 15.4. The summed E-state index contributed by atoms with van der Waals surface area (Å²) in [5, 5.41) is 3.44. The van der Waals surface area contributed by atoms with Crippen molar-refractivity contribution in [2.75, 3.05) is 26.7 Å².